The molecule has 1 aliphatic heterocycles. The monoisotopic (exact) mass is 283 g/mol. The molecule has 1 aromatic carbocycles. The van der Waals surface area contributed by atoms with Crippen LogP contribution in [-0.4, -0.2) is 31.8 Å². The van der Waals surface area contributed by atoms with Gasteiger partial charge in [0.25, 0.3) is 0 Å². The van der Waals surface area contributed by atoms with E-state index >= 15 is 0 Å². The van der Waals surface area contributed by atoms with Crippen LogP contribution >= 0.6 is 0 Å². The van der Waals surface area contributed by atoms with Gasteiger partial charge in [-0.3, -0.25) is 9.10 Å². The van der Waals surface area contributed by atoms with Gasteiger partial charge in [-0.1, -0.05) is 19.1 Å². The maximum atomic E-state index is 11.8. The molecule has 6 heteroatoms. The van der Waals surface area contributed by atoms with Gasteiger partial charge >= 0.3 is 5.97 Å². The van der Waals surface area contributed by atoms with Crippen molar-refractivity contribution in [3.05, 3.63) is 29.8 Å². The maximum Gasteiger partial charge on any atom is 0.303 e. The van der Waals surface area contributed by atoms with Crippen molar-refractivity contribution in [3.63, 3.8) is 0 Å². The van der Waals surface area contributed by atoms with Crippen LogP contribution in [0.25, 0.3) is 0 Å². The number of nitrogens with zero attached hydrogens (tertiary/aromatic N) is 1. The lowest BCUT2D eigenvalue weighted by molar-refractivity contribution is -0.137. The lowest BCUT2D eigenvalue weighted by Crippen LogP contribution is -2.24. The van der Waals surface area contributed by atoms with Crippen molar-refractivity contribution in [2.75, 3.05) is 16.6 Å². The first-order valence-corrected chi connectivity index (χ1v) is 7.83. The van der Waals surface area contributed by atoms with Crippen LogP contribution < -0.4 is 4.31 Å². The molecule has 1 N–H and O–H groups in total. The number of hydrogen-bond donors (Lipinski definition) is 1. The van der Waals surface area contributed by atoms with Crippen molar-refractivity contribution in [3.8, 4) is 0 Å². The van der Waals surface area contributed by atoms with Crippen LogP contribution in [0.1, 0.15) is 31.2 Å². The summed E-state index contributed by atoms with van der Waals surface area (Å²) in [6.45, 7) is 2.36. The summed E-state index contributed by atoms with van der Waals surface area (Å²) in [5.41, 5.74) is 1.56. The van der Waals surface area contributed by atoms with E-state index in [0.29, 0.717) is 18.7 Å². The number of carboxylic acid groups (broad SMARTS) is 1. The minimum Gasteiger partial charge on any atom is -0.481 e. The van der Waals surface area contributed by atoms with E-state index in [1.807, 2.05) is 6.92 Å². The third kappa shape index (κ3) is 3.07. The predicted octanol–water partition coefficient (Wildman–Crippen LogP) is 1.80. The quantitative estimate of drug-likeness (QED) is 0.914. The lowest BCUT2D eigenvalue weighted by Gasteiger charge is -2.18. The molecule has 0 amide bonds. The highest BCUT2D eigenvalue weighted by Gasteiger charge is 2.28. The normalized spacial score (nSPS) is 19.3. The fourth-order valence-electron chi connectivity index (χ4n) is 2.28. The molecule has 1 aromatic rings. The Hall–Kier alpha value is -1.56. The average molecular weight is 283 g/mol. The summed E-state index contributed by atoms with van der Waals surface area (Å²) in [7, 11) is -3.15. The second-order valence-corrected chi connectivity index (χ2v) is 6.84. The summed E-state index contributed by atoms with van der Waals surface area (Å²) < 4.78 is 25.0. The standard InChI is InChI=1S/C13H17NO4S/c1-10(9-13(15)16)11-3-5-12(6-4-11)14-7-2-8-19(14,17)18/h3-6,10H,2,7-9H2,1H3,(H,15,16). The largest absolute Gasteiger partial charge is 0.481 e. The molecule has 0 bridgehead atoms. The van der Waals surface area contributed by atoms with E-state index in [1.54, 1.807) is 24.3 Å². The van der Waals surface area contributed by atoms with E-state index in [-0.39, 0.29) is 18.1 Å². The van der Waals surface area contributed by atoms with E-state index in [2.05, 4.69) is 0 Å². The first-order valence-electron chi connectivity index (χ1n) is 6.22. The van der Waals surface area contributed by atoms with Crippen LogP contribution in [0.15, 0.2) is 24.3 Å². The SMILES string of the molecule is CC(CC(=O)O)c1ccc(N2CCCS2(=O)=O)cc1. The Morgan fingerprint density at radius 1 is 1.37 bits per heavy atom. The Bertz CT molecular complexity index is 565. The summed E-state index contributed by atoms with van der Waals surface area (Å²) >= 11 is 0. The number of anilines is 1. The summed E-state index contributed by atoms with van der Waals surface area (Å²) in [6, 6.07) is 7.10. The zero-order chi connectivity index (χ0) is 14.0. The van der Waals surface area contributed by atoms with Crippen LogP contribution in [0.4, 0.5) is 5.69 Å². The molecule has 19 heavy (non-hydrogen) atoms. The molecule has 1 atom stereocenters. The van der Waals surface area contributed by atoms with Crippen molar-refractivity contribution in [2.24, 2.45) is 0 Å². The fourth-order valence-corrected chi connectivity index (χ4v) is 3.84. The molecule has 104 valence electrons. The number of carboxylic acids is 1. The molecule has 1 heterocycles. The van der Waals surface area contributed by atoms with Gasteiger partial charge in [0.1, 0.15) is 0 Å². The molecule has 0 saturated carbocycles. The first-order chi connectivity index (χ1) is 8.90. The molecule has 0 radical (unpaired) electrons. The lowest BCUT2D eigenvalue weighted by atomic mass is 9.98. The number of aliphatic carboxylic acids is 1. The Kier molecular flexibility index (Phi) is 3.80. The number of rotatable bonds is 4. The molecule has 5 nitrogen and oxygen atoms in total. The highest BCUT2D eigenvalue weighted by atomic mass is 32.2. The Balaban J connectivity index is 2.17. The van der Waals surface area contributed by atoms with Crippen LogP contribution in [0.5, 0.6) is 0 Å². The van der Waals surface area contributed by atoms with Crippen LogP contribution in [-0.2, 0) is 14.8 Å². The first kappa shape index (κ1) is 13.9. The van der Waals surface area contributed by atoms with E-state index in [0.717, 1.165) is 5.56 Å². The highest BCUT2D eigenvalue weighted by molar-refractivity contribution is 7.93. The molecular formula is C13H17NO4S. The molecule has 0 aromatic heterocycles. The van der Waals surface area contributed by atoms with Gasteiger partial charge in [-0.05, 0) is 30.0 Å². The van der Waals surface area contributed by atoms with E-state index in [1.165, 1.54) is 4.31 Å². The van der Waals surface area contributed by atoms with Gasteiger partial charge in [0.05, 0.1) is 17.9 Å². The summed E-state index contributed by atoms with van der Waals surface area (Å²) in [5.74, 6) is -0.718. The number of carbonyl (C=O) groups is 1. The van der Waals surface area contributed by atoms with Gasteiger partial charge in [-0.15, -0.1) is 0 Å². The van der Waals surface area contributed by atoms with Gasteiger partial charge < -0.3 is 5.11 Å². The topological polar surface area (TPSA) is 74.7 Å². The molecule has 0 aliphatic carbocycles. The van der Waals surface area contributed by atoms with Crippen LogP contribution in [0.2, 0.25) is 0 Å². The second kappa shape index (κ2) is 5.21. The average Bonchev–Trinajstić information content (AvgIpc) is 2.68. The molecule has 1 fully saturated rings. The van der Waals surface area contributed by atoms with E-state index < -0.39 is 16.0 Å². The van der Waals surface area contributed by atoms with Gasteiger partial charge in [-0.25, -0.2) is 8.42 Å². The Labute approximate surface area is 112 Å². The van der Waals surface area contributed by atoms with Crippen molar-refractivity contribution >= 4 is 21.7 Å². The molecule has 1 saturated heterocycles. The van der Waals surface area contributed by atoms with Gasteiger partial charge in [-0.2, -0.15) is 0 Å². The number of sulfonamides is 1. The molecule has 0 spiro atoms. The summed E-state index contributed by atoms with van der Waals surface area (Å²) in [5, 5.41) is 8.75. The van der Waals surface area contributed by atoms with Crippen LogP contribution in [0, 0.1) is 0 Å². The number of benzene rings is 1. The summed E-state index contributed by atoms with van der Waals surface area (Å²) in [4.78, 5) is 10.7. The molecule has 2 rings (SSSR count). The third-order valence-corrected chi connectivity index (χ3v) is 5.20. The van der Waals surface area contributed by atoms with E-state index in [9.17, 15) is 13.2 Å². The third-order valence-electron chi connectivity index (χ3n) is 3.33. The maximum absolute atomic E-state index is 11.8. The minimum atomic E-state index is -3.15. The predicted molar refractivity (Wildman–Crippen MR) is 72.9 cm³/mol. The van der Waals surface area contributed by atoms with Gasteiger partial charge in [0, 0.05) is 6.54 Å². The Morgan fingerprint density at radius 3 is 2.47 bits per heavy atom. The summed E-state index contributed by atoms with van der Waals surface area (Å²) in [6.07, 6.45) is 0.723. The highest BCUT2D eigenvalue weighted by Crippen LogP contribution is 2.27. The smallest absolute Gasteiger partial charge is 0.303 e. The van der Waals surface area contributed by atoms with Gasteiger partial charge in [0.2, 0.25) is 10.0 Å². The van der Waals surface area contributed by atoms with Crippen molar-refractivity contribution in [1.29, 1.82) is 0 Å². The fraction of sp³-hybridized carbons (Fsp3) is 0.462. The molecule has 1 aliphatic rings. The van der Waals surface area contributed by atoms with Crippen molar-refractivity contribution in [1.82, 2.24) is 0 Å². The van der Waals surface area contributed by atoms with Crippen molar-refractivity contribution in [2.45, 2.75) is 25.7 Å². The second-order valence-electron chi connectivity index (χ2n) is 4.83. The van der Waals surface area contributed by atoms with Crippen LogP contribution in [0.3, 0.4) is 0 Å². The Morgan fingerprint density at radius 2 is 2.00 bits per heavy atom. The van der Waals surface area contributed by atoms with E-state index in [4.69, 9.17) is 5.11 Å². The zero-order valence-corrected chi connectivity index (χ0v) is 11.6. The molecular weight excluding hydrogens is 266 g/mol. The van der Waals surface area contributed by atoms with Crippen molar-refractivity contribution < 1.29 is 18.3 Å². The van der Waals surface area contributed by atoms with Gasteiger partial charge in [0.15, 0.2) is 0 Å². The number of hydrogen-bond acceptors (Lipinski definition) is 3. The minimum absolute atomic E-state index is 0.0708. The molecule has 1 unspecified atom stereocenters. The zero-order valence-electron chi connectivity index (χ0n) is 10.7.